The Morgan fingerprint density at radius 3 is 2.36 bits per heavy atom. The van der Waals surface area contributed by atoms with Gasteiger partial charge in [-0.3, -0.25) is 0 Å². The third-order valence-corrected chi connectivity index (χ3v) is 7.13. The van der Waals surface area contributed by atoms with Gasteiger partial charge in [-0.2, -0.15) is 0 Å². The molecule has 28 heavy (non-hydrogen) atoms. The Hall–Kier alpha value is -2.36. The third kappa shape index (κ3) is 2.23. The van der Waals surface area contributed by atoms with E-state index < -0.39 is 0 Å². The molecule has 0 spiro atoms. The van der Waals surface area contributed by atoms with Gasteiger partial charge in [-0.25, -0.2) is 0 Å². The summed E-state index contributed by atoms with van der Waals surface area (Å²) in [5, 5.41) is 0. The van der Waals surface area contributed by atoms with Gasteiger partial charge in [0.25, 0.3) is 0 Å². The first-order valence-corrected chi connectivity index (χ1v) is 10.5. The molecule has 1 unspecified atom stereocenters. The third-order valence-electron chi connectivity index (χ3n) is 6.31. The van der Waals surface area contributed by atoms with Crippen LogP contribution in [-0.4, -0.2) is 12.9 Å². The van der Waals surface area contributed by atoms with Crippen LogP contribution in [-0.2, 0) is 9.47 Å². The van der Waals surface area contributed by atoms with Crippen LogP contribution in [0.2, 0.25) is 0 Å². The van der Waals surface area contributed by atoms with Gasteiger partial charge >= 0.3 is 0 Å². The molecule has 1 aliphatic heterocycles. The van der Waals surface area contributed by atoms with Crippen molar-refractivity contribution in [3.8, 4) is 11.1 Å². The first-order chi connectivity index (χ1) is 13.7. The lowest BCUT2D eigenvalue weighted by molar-refractivity contribution is 0.0629. The van der Waals surface area contributed by atoms with Crippen molar-refractivity contribution in [2.75, 3.05) is 6.79 Å². The van der Waals surface area contributed by atoms with E-state index in [2.05, 4.69) is 83.5 Å². The normalized spacial score (nSPS) is 22.4. The Kier molecular flexibility index (Phi) is 3.59. The molecule has 1 heterocycles. The number of rotatable bonds is 2. The van der Waals surface area contributed by atoms with Gasteiger partial charge in [-0.05, 0) is 86.0 Å². The number of ether oxygens (including phenoxy) is 2. The number of hydrogen-bond donors (Lipinski definition) is 0. The highest BCUT2D eigenvalue weighted by Crippen LogP contribution is 2.52. The van der Waals surface area contributed by atoms with Gasteiger partial charge < -0.3 is 9.47 Å². The minimum atomic E-state index is -0.0782. The number of benzene rings is 2. The molecule has 2 aromatic carbocycles. The molecule has 6 rings (SSSR count). The van der Waals surface area contributed by atoms with Crippen LogP contribution in [0.15, 0.2) is 93.2 Å². The molecular weight excluding hydrogens is 412 g/mol. The van der Waals surface area contributed by atoms with Gasteiger partial charge in [-0.15, -0.1) is 0 Å². The van der Waals surface area contributed by atoms with E-state index in [0.29, 0.717) is 12.7 Å². The van der Waals surface area contributed by atoms with Crippen molar-refractivity contribution < 1.29 is 9.47 Å². The SMILES string of the molecule is CC1=C(CC2c3ccccc3-c3ccccc32)C2=CC3OCOC3=C(Br)C2=C1. The molecule has 0 radical (unpaired) electrons. The van der Waals surface area contributed by atoms with Crippen LogP contribution >= 0.6 is 15.9 Å². The Bertz CT molecular complexity index is 1100. The fraction of sp³-hybridized carbons (Fsp3) is 0.200. The van der Waals surface area contributed by atoms with Gasteiger partial charge in [0.2, 0.25) is 0 Å². The largest absolute Gasteiger partial charge is 0.468 e. The maximum absolute atomic E-state index is 5.77. The van der Waals surface area contributed by atoms with Crippen LogP contribution < -0.4 is 0 Å². The van der Waals surface area contributed by atoms with E-state index in [1.807, 2.05) is 0 Å². The summed E-state index contributed by atoms with van der Waals surface area (Å²) in [7, 11) is 0. The number of fused-ring (bicyclic) bond motifs is 5. The molecule has 1 saturated heterocycles. The average Bonchev–Trinajstić information content (AvgIpc) is 3.39. The van der Waals surface area contributed by atoms with E-state index in [1.165, 1.54) is 44.5 Å². The molecule has 3 aliphatic carbocycles. The summed E-state index contributed by atoms with van der Waals surface area (Å²) in [5.74, 6) is 1.29. The Balaban J connectivity index is 1.42. The first-order valence-electron chi connectivity index (χ1n) is 9.69. The summed E-state index contributed by atoms with van der Waals surface area (Å²) in [4.78, 5) is 0. The maximum Gasteiger partial charge on any atom is 0.190 e. The zero-order valence-electron chi connectivity index (χ0n) is 15.5. The fourth-order valence-electron chi connectivity index (χ4n) is 5.01. The van der Waals surface area contributed by atoms with Gasteiger partial charge in [0, 0.05) is 5.92 Å². The molecule has 4 aliphatic rings. The highest BCUT2D eigenvalue weighted by atomic mass is 79.9. The molecule has 138 valence electrons. The van der Waals surface area contributed by atoms with Crippen molar-refractivity contribution in [1.29, 1.82) is 0 Å². The number of hydrogen-bond acceptors (Lipinski definition) is 2. The molecule has 0 amide bonds. The lowest BCUT2D eigenvalue weighted by Gasteiger charge is -2.22. The monoisotopic (exact) mass is 430 g/mol. The van der Waals surface area contributed by atoms with Crippen molar-refractivity contribution in [1.82, 2.24) is 0 Å². The minimum Gasteiger partial charge on any atom is -0.468 e. The van der Waals surface area contributed by atoms with E-state index in [9.17, 15) is 0 Å². The molecule has 0 bridgehead atoms. The predicted octanol–water partition coefficient (Wildman–Crippen LogP) is 6.36. The Labute approximate surface area is 173 Å². The predicted molar refractivity (Wildman–Crippen MR) is 114 cm³/mol. The van der Waals surface area contributed by atoms with Crippen molar-refractivity contribution >= 4 is 15.9 Å². The summed E-state index contributed by atoms with van der Waals surface area (Å²) in [6.45, 7) is 2.55. The second-order valence-corrected chi connectivity index (χ2v) is 8.55. The summed E-state index contributed by atoms with van der Waals surface area (Å²) in [5.41, 5.74) is 10.9. The standard InChI is InChI=1S/C25H19BrO2/c1-14-10-22-21(12-23-25(24(22)26)28-13-27-23)19(14)11-20-17-8-4-2-6-15(17)16-7-3-5-9-18(16)20/h2-10,12,20,23H,11,13H2,1H3. The van der Waals surface area contributed by atoms with E-state index >= 15 is 0 Å². The van der Waals surface area contributed by atoms with E-state index in [0.717, 1.165) is 16.7 Å². The molecule has 2 nitrogen and oxygen atoms in total. The topological polar surface area (TPSA) is 18.5 Å². The second kappa shape index (κ2) is 6.07. The Morgan fingerprint density at radius 1 is 0.964 bits per heavy atom. The minimum absolute atomic E-state index is 0.0782. The quantitative estimate of drug-likeness (QED) is 0.551. The molecule has 0 aromatic heterocycles. The zero-order chi connectivity index (χ0) is 18.8. The van der Waals surface area contributed by atoms with Crippen LogP contribution in [0.3, 0.4) is 0 Å². The average molecular weight is 431 g/mol. The number of halogens is 1. The highest BCUT2D eigenvalue weighted by Gasteiger charge is 2.37. The van der Waals surface area contributed by atoms with Crippen LogP contribution in [0.25, 0.3) is 11.1 Å². The molecule has 1 atom stereocenters. The van der Waals surface area contributed by atoms with Crippen LogP contribution in [0.5, 0.6) is 0 Å². The molecule has 0 N–H and O–H groups in total. The Morgan fingerprint density at radius 2 is 1.64 bits per heavy atom. The maximum atomic E-state index is 5.77. The van der Waals surface area contributed by atoms with Gasteiger partial charge in [0.15, 0.2) is 6.79 Å². The van der Waals surface area contributed by atoms with Crippen LogP contribution in [0.1, 0.15) is 30.4 Å². The van der Waals surface area contributed by atoms with Crippen molar-refractivity contribution in [3.05, 3.63) is 104 Å². The summed E-state index contributed by atoms with van der Waals surface area (Å²) < 4.78 is 12.5. The lowest BCUT2D eigenvalue weighted by Crippen LogP contribution is -2.13. The smallest absolute Gasteiger partial charge is 0.190 e. The molecule has 1 fully saturated rings. The summed E-state index contributed by atoms with van der Waals surface area (Å²) in [6.07, 6.45) is 5.43. The van der Waals surface area contributed by atoms with Crippen molar-refractivity contribution in [2.24, 2.45) is 0 Å². The van der Waals surface area contributed by atoms with Gasteiger partial charge in [0.05, 0.1) is 4.48 Å². The molecule has 2 aromatic rings. The van der Waals surface area contributed by atoms with E-state index in [-0.39, 0.29) is 6.10 Å². The van der Waals surface area contributed by atoms with Crippen molar-refractivity contribution in [3.63, 3.8) is 0 Å². The molecule has 3 heteroatoms. The van der Waals surface area contributed by atoms with Crippen LogP contribution in [0.4, 0.5) is 0 Å². The lowest BCUT2D eigenvalue weighted by atomic mass is 9.85. The molecule has 0 saturated carbocycles. The summed E-state index contributed by atoms with van der Waals surface area (Å²) >= 11 is 3.76. The van der Waals surface area contributed by atoms with Gasteiger partial charge in [0.1, 0.15) is 11.9 Å². The van der Waals surface area contributed by atoms with E-state index in [4.69, 9.17) is 9.47 Å². The summed E-state index contributed by atoms with van der Waals surface area (Å²) in [6, 6.07) is 17.7. The molecular formula is C25H19BrO2. The first kappa shape index (κ1) is 16.6. The number of allylic oxidation sites excluding steroid dienone is 6. The second-order valence-electron chi connectivity index (χ2n) is 7.76. The fourth-order valence-corrected chi connectivity index (χ4v) is 5.68. The van der Waals surface area contributed by atoms with Gasteiger partial charge in [-0.1, -0.05) is 48.5 Å². The van der Waals surface area contributed by atoms with Crippen molar-refractivity contribution in [2.45, 2.75) is 25.4 Å². The highest BCUT2D eigenvalue weighted by molar-refractivity contribution is 9.12. The van der Waals surface area contributed by atoms with E-state index in [1.54, 1.807) is 0 Å². The zero-order valence-corrected chi connectivity index (χ0v) is 17.1. The van der Waals surface area contributed by atoms with Crippen LogP contribution in [0, 0.1) is 0 Å².